The van der Waals surface area contributed by atoms with E-state index in [1.807, 2.05) is 7.05 Å². The second-order valence-electron chi connectivity index (χ2n) is 4.49. The zero-order valence-electron chi connectivity index (χ0n) is 9.59. The predicted octanol–water partition coefficient (Wildman–Crippen LogP) is 2.51. The van der Waals surface area contributed by atoms with Crippen LogP contribution in [0.4, 0.5) is 0 Å². The minimum Gasteiger partial charge on any atom is -0.312 e. The van der Waals surface area contributed by atoms with E-state index in [2.05, 4.69) is 42.6 Å². The summed E-state index contributed by atoms with van der Waals surface area (Å²) in [6.45, 7) is 8.70. The first-order chi connectivity index (χ1) is 6.50. The van der Waals surface area contributed by atoms with Gasteiger partial charge in [-0.2, -0.15) is 0 Å². The van der Waals surface area contributed by atoms with Gasteiger partial charge < -0.3 is 5.32 Å². The third-order valence-corrected chi connectivity index (χ3v) is 3.13. The molecule has 1 rings (SSSR count). The molecule has 14 heavy (non-hydrogen) atoms. The Hall–Kier alpha value is -0.480. The first kappa shape index (κ1) is 11.6. The molecule has 1 unspecified atom stereocenters. The molecule has 1 aromatic heterocycles. The van der Waals surface area contributed by atoms with Crippen molar-refractivity contribution in [3.8, 4) is 0 Å². The fraction of sp³-hybridized carbons (Fsp3) is 0.800. The van der Waals surface area contributed by atoms with Crippen LogP contribution in [0.15, 0.2) is 0 Å². The number of aromatic nitrogens is 2. The van der Waals surface area contributed by atoms with E-state index in [-0.39, 0.29) is 5.41 Å². The summed E-state index contributed by atoms with van der Waals surface area (Å²) >= 11 is 1.51. The molecule has 1 heterocycles. The average Bonchev–Trinajstić information content (AvgIpc) is 2.54. The van der Waals surface area contributed by atoms with Gasteiger partial charge in [0.2, 0.25) is 0 Å². The quantitative estimate of drug-likeness (QED) is 0.838. The van der Waals surface area contributed by atoms with E-state index in [0.29, 0.717) is 6.04 Å². The lowest BCUT2D eigenvalue weighted by Gasteiger charge is -2.20. The molecule has 0 aliphatic heterocycles. The molecular weight excluding hydrogens is 194 g/mol. The number of nitrogens with one attached hydrogen (secondary N) is 1. The Morgan fingerprint density at radius 2 is 2.07 bits per heavy atom. The van der Waals surface area contributed by atoms with Crippen LogP contribution in [-0.4, -0.2) is 16.6 Å². The summed E-state index contributed by atoms with van der Waals surface area (Å²) in [4.78, 5) is 1.28. The van der Waals surface area contributed by atoms with Crippen LogP contribution in [0.3, 0.4) is 0 Å². The molecule has 0 aliphatic rings. The van der Waals surface area contributed by atoms with Crippen molar-refractivity contribution in [1.82, 2.24) is 14.9 Å². The Bertz CT molecular complexity index is 284. The Morgan fingerprint density at radius 1 is 1.43 bits per heavy atom. The Kier molecular flexibility index (Phi) is 3.61. The summed E-state index contributed by atoms with van der Waals surface area (Å²) in [5.41, 5.74) is 1.22. The van der Waals surface area contributed by atoms with Gasteiger partial charge in [-0.3, -0.25) is 0 Å². The fourth-order valence-corrected chi connectivity index (χ4v) is 2.52. The number of hydrogen-bond acceptors (Lipinski definition) is 4. The maximum Gasteiger partial charge on any atom is 0.0857 e. The van der Waals surface area contributed by atoms with E-state index >= 15 is 0 Å². The van der Waals surface area contributed by atoms with Crippen LogP contribution >= 0.6 is 11.5 Å². The van der Waals surface area contributed by atoms with Gasteiger partial charge in [-0.25, -0.2) is 0 Å². The van der Waals surface area contributed by atoms with Gasteiger partial charge in [0.25, 0.3) is 0 Å². The van der Waals surface area contributed by atoms with Gasteiger partial charge in [-0.05, 0) is 25.0 Å². The summed E-state index contributed by atoms with van der Waals surface area (Å²) in [6.07, 6.45) is 1.07. The molecule has 3 nitrogen and oxygen atoms in total. The minimum absolute atomic E-state index is 0.0899. The summed E-state index contributed by atoms with van der Waals surface area (Å²) in [5.74, 6) is 0. The zero-order valence-corrected chi connectivity index (χ0v) is 10.4. The van der Waals surface area contributed by atoms with Crippen molar-refractivity contribution in [3.05, 3.63) is 10.6 Å². The number of rotatable bonds is 3. The van der Waals surface area contributed by atoms with Crippen LogP contribution in [0.1, 0.15) is 50.7 Å². The molecule has 0 fully saturated rings. The lowest BCUT2D eigenvalue weighted by molar-refractivity contribution is 0.525. The number of nitrogens with zero attached hydrogens (tertiary/aromatic N) is 2. The van der Waals surface area contributed by atoms with Gasteiger partial charge in [-0.1, -0.05) is 32.2 Å². The van der Waals surface area contributed by atoms with Gasteiger partial charge in [-0.15, -0.1) is 5.10 Å². The van der Waals surface area contributed by atoms with Gasteiger partial charge in [0.05, 0.1) is 10.6 Å². The Balaban J connectivity index is 3.03. The molecule has 4 heteroatoms. The fourth-order valence-electron chi connectivity index (χ4n) is 1.47. The van der Waals surface area contributed by atoms with E-state index in [9.17, 15) is 0 Å². The molecule has 0 spiro atoms. The van der Waals surface area contributed by atoms with Crippen molar-refractivity contribution in [2.24, 2.45) is 0 Å². The van der Waals surface area contributed by atoms with Crippen molar-refractivity contribution in [2.75, 3.05) is 7.05 Å². The molecule has 1 aromatic rings. The summed E-state index contributed by atoms with van der Waals surface area (Å²) in [7, 11) is 1.99. The molecule has 0 bridgehead atoms. The second kappa shape index (κ2) is 4.36. The van der Waals surface area contributed by atoms with Crippen LogP contribution in [0.5, 0.6) is 0 Å². The van der Waals surface area contributed by atoms with Crippen molar-refractivity contribution < 1.29 is 0 Å². The SMILES string of the molecule is CCC(NC)c1snnc1C(C)(C)C. The summed E-state index contributed by atoms with van der Waals surface area (Å²) in [5, 5.41) is 7.53. The highest BCUT2D eigenvalue weighted by Crippen LogP contribution is 2.31. The predicted molar refractivity (Wildman–Crippen MR) is 60.7 cm³/mol. The van der Waals surface area contributed by atoms with Crippen LogP contribution in [-0.2, 0) is 5.41 Å². The van der Waals surface area contributed by atoms with Crippen LogP contribution in [0.2, 0.25) is 0 Å². The van der Waals surface area contributed by atoms with Crippen molar-refractivity contribution in [1.29, 1.82) is 0 Å². The molecular formula is C10H19N3S. The molecule has 1 atom stereocenters. The standard InChI is InChI=1S/C10H19N3S/c1-6-7(11-5)8-9(10(2,3)4)12-13-14-8/h7,11H,6H2,1-5H3. The van der Waals surface area contributed by atoms with E-state index in [4.69, 9.17) is 0 Å². The van der Waals surface area contributed by atoms with Gasteiger partial charge in [0, 0.05) is 11.5 Å². The molecule has 80 valence electrons. The van der Waals surface area contributed by atoms with E-state index in [1.54, 1.807) is 0 Å². The van der Waals surface area contributed by atoms with Crippen molar-refractivity contribution >= 4 is 11.5 Å². The molecule has 0 amide bonds. The second-order valence-corrected chi connectivity index (χ2v) is 5.27. The first-order valence-electron chi connectivity index (χ1n) is 5.00. The highest BCUT2D eigenvalue weighted by molar-refractivity contribution is 7.05. The maximum atomic E-state index is 4.23. The topological polar surface area (TPSA) is 37.8 Å². The lowest BCUT2D eigenvalue weighted by Crippen LogP contribution is -2.20. The molecule has 0 aliphatic carbocycles. The van der Waals surface area contributed by atoms with E-state index in [0.717, 1.165) is 12.1 Å². The number of hydrogen-bond donors (Lipinski definition) is 1. The lowest BCUT2D eigenvalue weighted by atomic mass is 9.90. The maximum absolute atomic E-state index is 4.23. The van der Waals surface area contributed by atoms with Crippen LogP contribution in [0.25, 0.3) is 0 Å². The monoisotopic (exact) mass is 213 g/mol. The molecule has 0 aromatic carbocycles. The van der Waals surface area contributed by atoms with Gasteiger partial charge >= 0.3 is 0 Å². The highest BCUT2D eigenvalue weighted by atomic mass is 32.1. The van der Waals surface area contributed by atoms with Gasteiger partial charge in [0.1, 0.15) is 0 Å². The summed E-state index contributed by atoms with van der Waals surface area (Å²) < 4.78 is 4.06. The van der Waals surface area contributed by atoms with E-state index < -0.39 is 0 Å². The van der Waals surface area contributed by atoms with Crippen LogP contribution < -0.4 is 5.32 Å². The molecule has 1 N–H and O–H groups in total. The molecule has 0 radical (unpaired) electrons. The van der Waals surface area contributed by atoms with Crippen molar-refractivity contribution in [3.63, 3.8) is 0 Å². The van der Waals surface area contributed by atoms with E-state index in [1.165, 1.54) is 16.4 Å². The smallest absolute Gasteiger partial charge is 0.0857 e. The van der Waals surface area contributed by atoms with Crippen molar-refractivity contribution in [2.45, 2.75) is 45.6 Å². The highest BCUT2D eigenvalue weighted by Gasteiger charge is 2.25. The largest absolute Gasteiger partial charge is 0.312 e. The first-order valence-corrected chi connectivity index (χ1v) is 5.78. The minimum atomic E-state index is 0.0899. The zero-order chi connectivity index (χ0) is 10.8. The normalized spacial score (nSPS) is 14.4. The molecule has 0 saturated carbocycles. The summed E-state index contributed by atoms with van der Waals surface area (Å²) in [6, 6.07) is 0.393. The van der Waals surface area contributed by atoms with Gasteiger partial charge in [0.15, 0.2) is 0 Å². The Morgan fingerprint density at radius 3 is 2.50 bits per heavy atom. The third kappa shape index (κ3) is 2.30. The Labute approximate surface area is 90.1 Å². The molecule has 0 saturated heterocycles. The average molecular weight is 213 g/mol. The third-order valence-electron chi connectivity index (χ3n) is 2.30. The van der Waals surface area contributed by atoms with Crippen LogP contribution in [0, 0.1) is 0 Å².